The van der Waals surface area contributed by atoms with Gasteiger partial charge in [0, 0.05) is 11.5 Å². The van der Waals surface area contributed by atoms with E-state index in [1.807, 2.05) is 37.3 Å². The second kappa shape index (κ2) is 6.61. The lowest BCUT2D eigenvalue weighted by Gasteiger charge is -2.28. The van der Waals surface area contributed by atoms with Crippen LogP contribution in [0.15, 0.2) is 30.3 Å². The highest BCUT2D eigenvalue weighted by Crippen LogP contribution is 2.29. The van der Waals surface area contributed by atoms with Gasteiger partial charge in [-0.2, -0.15) is 0 Å². The van der Waals surface area contributed by atoms with Crippen LogP contribution in [0.2, 0.25) is 0 Å². The van der Waals surface area contributed by atoms with Crippen LogP contribution in [0.1, 0.15) is 44.6 Å². The Hall–Kier alpha value is -1.26. The van der Waals surface area contributed by atoms with Gasteiger partial charge in [0.15, 0.2) is 0 Å². The van der Waals surface area contributed by atoms with E-state index in [-0.39, 0.29) is 12.0 Å². The van der Waals surface area contributed by atoms with Gasteiger partial charge < -0.3 is 5.11 Å². The minimum absolute atomic E-state index is 0.0632. The summed E-state index contributed by atoms with van der Waals surface area (Å²) in [6, 6.07) is 9.99. The van der Waals surface area contributed by atoms with E-state index in [1.54, 1.807) is 0 Å². The van der Waals surface area contributed by atoms with Crippen LogP contribution in [0.25, 0.3) is 0 Å². The highest BCUT2D eigenvalue weighted by atomic mass is 16.3. The topological polar surface area (TPSA) is 20.2 Å². The maximum Gasteiger partial charge on any atom is 0.0703 e. The molecule has 18 heavy (non-hydrogen) atoms. The molecule has 2 rings (SSSR count). The predicted octanol–water partition coefficient (Wildman–Crippen LogP) is 3.62. The van der Waals surface area contributed by atoms with Gasteiger partial charge >= 0.3 is 0 Å². The van der Waals surface area contributed by atoms with Crippen LogP contribution >= 0.6 is 0 Å². The molecule has 0 heterocycles. The smallest absolute Gasteiger partial charge is 0.0703 e. The van der Waals surface area contributed by atoms with Crippen LogP contribution in [-0.2, 0) is 0 Å². The average Bonchev–Trinajstić information content (AvgIpc) is 2.46. The van der Waals surface area contributed by atoms with E-state index in [9.17, 15) is 5.11 Å². The second-order valence-electron chi connectivity index (χ2n) is 5.31. The first-order valence-electron chi connectivity index (χ1n) is 7.02. The molecule has 0 spiro atoms. The molecular formula is C17H22O. The highest BCUT2D eigenvalue weighted by molar-refractivity contribution is 5.34. The fourth-order valence-corrected chi connectivity index (χ4v) is 2.69. The molecule has 1 fully saturated rings. The monoisotopic (exact) mass is 242 g/mol. The lowest BCUT2D eigenvalue weighted by Crippen LogP contribution is -2.28. The van der Waals surface area contributed by atoms with Gasteiger partial charge in [0.1, 0.15) is 0 Å². The van der Waals surface area contributed by atoms with Gasteiger partial charge in [-0.1, -0.05) is 49.3 Å². The van der Waals surface area contributed by atoms with Crippen molar-refractivity contribution in [2.45, 2.75) is 45.1 Å². The van der Waals surface area contributed by atoms with Crippen LogP contribution in [0.5, 0.6) is 0 Å². The lowest BCUT2D eigenvalue weighted by atomic mass is 9.81. The van der Waals surface area contributed by atoms with Crippen molar-refractivity contribution in [2.24, 2.45) is 11.8 Å². The van der Waals surface area contributed by atoms with E-state index in [0.29, 0.717) is 5.92 Å². The van der Waals surface area contributed by atoms with E-state index >= 15 is 0 Å². The molecule has 1 aliphatic rings. The molecule has 1 N–H and O–H groups in total. The van der Waals surface area contributed by atoms with Gasteiger partial charge in [0.05, 0.1) is 6.10 Å². The van der Waals surface area contributed by atoms with Crippen LogP contribution in [0.4, 0.5) is 0 Å². The Labute approximate surface area is 110 Å². The molecule has 2 unspecified atom stereocenters. The third-order valence-corrected chi connectivity index (χ3v) is 3.86. The molecule has 0 amide bonds. The standard InChI is InChI=1S/C17H22O/c1-14(12-13-15-8-4-2-5-9-15)17(18)16-10-6-3-7-11-16/h2,4-5,8-9,14,16-18H,3,6-7,10-11H2,1H3. The summed E-state index contributed by atoms with van der Waals surface area (Å²) in [7, 11) is 0. The summed E-state index contributed by atoms with van der Waals surface area (Å²) in [5, 5.41) is 10.3. The normalized spacial score (nSPS) is 19.7. The first-order valence-corrected chi connectivity index (χ1v) is 7.02. The summed E-state index contributed by atoms with van der Waals surface area (Å²) in [6.07, 6.45) is 5.92. The van der Waals surface area contributed by atoms with Crippen molar-refractivity contribution in [3.63, 3.8) is 0 Å². The molecule has 0 aliphatic heterocycles. The van der Waals surface area contributed by atoms with E-state index in [0.717, 1.165) is 5.56 Å². The zero-order chi connectivity index (χ0) is 12.8. The molecule has 1 nitrogen and oxygen atoms in total. The molecule has 1 saturated carbocycles. The number of rotatable bonds is 2. The number of benzene rings is 1. The minimum Gasteiger partial charge on any atom is -0.392 e. The van der Waals surface area contributed by atoms with E-state index < -0.39 is 0 Å². The Morgan fingerprint density at radius 2 is 1.78 bits per heavy atom. The predicted molar refractivity (Wildman–Crippen MR) is 75.1 cm³/mol. The zero-order valence-electron chi connectivity index (χ0n) is 11.1. The third-order valence-electron chi connectivity index (χ3n) is 3.86. The fourth-order valence-electron chi connectivity index (χ4n) is 2.69. The Balaban J connectivity index is 1.94. The molecular weight excluding hydrogens is 220 g/mol. The Morgan fingerprint density at radius 1 is 1.11 bits per heavy atom. The number of hydrogen-bond acceptors (Lipinski definition) is 1. The minimum atomic E-state index is -0.262. The van der Waals surface area contributed by atoms with Crippen molar-refractivity contribution >= 4 is 0 Å². The number of hydrogen-bond donors (Lipinski definition) is 1. The Bertz CT molecular complexity index is 406. The van der Waals surface area contributed by atoms with Crippen LogP contribution in [-0.4, -0.2) is 11.2 Å². The maximum absolute atomic E-state index is 10.3. The molecule has 96 valence electrons. The SMILES string of the molecule is CC(C#Cc1ccccc1)C(O)C1CCCCC1. The summed E-state index contributed by atoms with van der Waals surface area (Å²) in [6.45, 7) is 2.04. The molecule has 0 aromatic heterocycles. The van der Waals surface area contributed by atoms with Gasteiger partial charge in [0.25, 0.3) is 0 Å². The first-order chi connectivity index (χ1) is 8.77. The molecule has 1 aromatic rings. The molecule has 1 aromatic carbocycles. The molecule has 0 saturated heterocycles. The highest BCUT2D eigenvalue weighted by Gasteiger charge is 2.25. The average molecular weight is 242 g/mol. The van der Waals surface area contributed by atoms with Crippen molar-refractivity contribution in [3.8, 4) is 11.8 Å². The fraction of sp³-hybridized carbons (Fsp3) is 0.529. The van der Waals surface area contributed by atoms with Gasteiger partial charge in [-0.3, -0.25) is 0 Å². The molecule has 0 radical (unpaired) electrons. The van der Waals surface area contributed by atoms with Crippen molar-refractivity contribution in [2.75, 3.05) is 0 Å². The maximum atomic E-state index is 10.3. The summed E-state index contributed by atoms with van der Waals surface area (Å²) < 4.78 is 0. The van der Waals surface area contributed by atoms with Gasteiger partial charge in [-0.05, 0) is 37.8 Å². The van der Waals surface area contributed by atoms with Crippen molar-refractivity contribution in [3.05, 3.63) is 35.9 Å². The van der Waals surface area contributed by atoms with Crippen molar-refractivity contribution < 1.29 is 5.11 Å². The van der Waals surface area contributed by atoms with Gasteiger partial charge in [-0.15, -0.1) is 0 Å². The molecule has 2 atom stereocenters. The molecule has 1 aliphatic carbocycles. The van der Waals surface area contributed by atoms with Gasteiger partial charge in [0.2, 0.25) is 0 Å². The largest absolute Gasteiger partial charge is 0.392 e. The summed E-state index contributed by atoms with van der Waals surface area (Å²) in [5.41, 5.74) is 1.03. The lowest BCUT2D eigenvalue weighted by molar-refractivity contribution is 0.0586. The zero-order valence-corrected chi connectivity index (χ0v) is 11.1. The van der Waals surface area contributed by atoms with Crippen molar-refractivity contribution in [1.82, 2.24) is 0 Å². The molecule has 1 heteroatoms. The van der Waals surface area contributed by atoms with Crippen LogP contribution < -0.4 is 0 Å². The van der Waals surface area contributed by atoms with Crippen molar-refractivity contribution in [1.29, 1.82) is 0 Å². The summed E-state index contributed by atoms with van der Waals surface area (Å²) in [4.78, 5) is 0. The van der Waals surface area contributed by atoms with E-state index in [4.69, 9.17) is 0 Å². The number of aliphatic hydroxyl groups is 1. The third kappa shape index (κ3) is 3.62. The molecule has 0 bridgehead atoms. The Kier molecular flexibility index (Phi) is 4.84. The summed E-state index contributed by atoms with van der Waals surface area (Å²) >= 11 is 0. The van der Waals surface area contributed by atoms with Crippen LogP contribution in [0.3, 0.4) is 0 Å². The second-order valence-corrected chi connectivity index (χ2v) is 5.31. The quantitative estimate of drug-likeness (QED) is 0.785. The first kappa shape index (κ1) is 13.2. The van der Waals surface area contributed by atoms with Gasteiger partial charge in [-0.25, -0.2) is 0 Å². The van der Waals surface area contributed by atoms with E-state index in [2.05, 4.69) is 11.8 Å². The van der Waals surface area contributed by atoms with E-state index in [1.165, 1.54) is 32.1 Å². The number of aliphatic hydroxyl groups excluding tert-OH is 1. The summed E-state index contributed by atoms with van der Waals surface area (Å²) in [5.74, 6) is 6.87. The Morgan fingerprint density at radius 3 is 2.44 bits per heavy atom. The van der Waals surface area contributed by atoms with Crippen LogP contribution in [0, 0.1) is 23.7 Å².